The molecule has 0 bridgehead atoms. The van der Waals surface area contributed by atoms with E-state index in [1.807, 2.05) is 6.92 Å². The van der Waals surface area contributed by atoms with Gasteiger partial charge < -0.3 is 20.5 Å². The molecule has 0 aliphatic heterocycles. The summed E-state index contributed by atoms with van der Waals surface area (Å²) in [6.45, 7) is 3.90. The minimum atomic E-state index is -0.964. The molecule has 0 heterocycles. The largest absolute Gasteiger partial charge is 0.386 e. The van der Waals surface area contributed by atoms with Gasteiger partial charge in [0, 0.05) is 25.8 Å². The Hall–Kier alpha value is -1.66. The number of nitrogens with zero attached hydrogens (tertiary/aromatic N) is 1. The summed E-state index contributed by atoms with van der Waals surface area (Å²) in [6.07, 6.45) is -0.964. The van der Waals surface area contributed by atoms with Crippen molar-refractivity contribution in [2.75, 3.05) is 33.4 Å². The highest BCUT2D eigenvalue weighted by Crippen LogP contribution is 2.16. The van der Waals surface area contributed by atoms with Crippen molar-refractivity contribution in [3.63, 3.8) is 0 Å². The first-order chi connectivity index (χ1) is 9.69. The fraction of sp³-hybridized carbons (Fsp3) is 0.500. The van der Waals surface area contributed by atoms with Gasteiger partial charge >= 0.3 is 0 Å². The Morgan fingerprint density at radius 3 is 2.80 bits per heavy atom. The van der Waals surface area contributed by atoms with Crippen LogP contribution in [0.3, 0.4) is 0 Å². The molecule has 5 nitrogen and oxygen atoms in total. The second kappa shape index (κ2) is 9.28. The standard InChI is InChI=1S/C14H22FN3O2/c1-3-16-14(17-8-9-20-2)18-10-13(19)11-6-4-5-7-12(11)15/h4-7,13,19H,3,8-10H2,1-2H3,(H2,16,17,18). The molecule has 1 rings (SSSR count). The Morgan fingerprint density at radius 2 is 2.15 bits per heavy atom. The minimum absolute atomic E-state index is 0.0866. The molecule has 1 aromatic rings. The second-order valence-electron chi connectivity index (χ2n) is 4.18. The number of aliphatic hydroxyl groups is 1. The van der Waals surface area contributed by atoms with Crippen LogP contribution in [-0.2, 0) is 4.74 Å². The van der Waals surface area contributed by atoms with Crippen LogP contribution in [0.5, 0.6) is 0 Å². The Balaban J connectivity index is 2.59. The molecular weight excluding hydrogens is 261 g/mol. The van der Waals surface area contributed by atoms with E-state index in [0.29, 0.717) is 25.7 Å². The van der Waals surface area contributed by atoms with Crippen LogP contribution in [0.15, 0.2) is 29.3 Å². The average Bonchev–Trinajstić information content (AvgIpc) is 2.45. The quantitative estimate of drug-likeness (QED) is 0.398. The smallest absolute Gasteiger partial charge is 0.191 e. The van der Waals surface area contributed by atoms with Gasteiger partial charge in [0.05, 0.1) is 13.2 Å². The number of rotatable bonds is 7. The fourth-order valence-electron chi connectivity index (χ4n) is 1.63. The van der Waals surface area contributed by atoms with Gasteiger partial charge in [-0.15, -0.1) is 0 Å². The monoisotopic (exact) mass is 283 g/mol. The molecule has 6 heteroatoms. The molecule has 0 saturated heterocycles. The molecule has 0 radical (unpaired) electrons. The van der Waals surface area contributed by atoms with E-state index in [-0.39, 0.29) is 12.1 Å². The van der Waals surface area contributed by atoms with E-state index in [0.717, 1.165) is 0 Å². The van der Waals surface area contributed by atoms with E-state index in [1.54, 1.807) is 25.3 Å². The molecule has 0 fully saturated rings. The average molecular weight is 283 g/mol. The van der Waals surface area contributed by atoms with Crippen molar-refractivity contribution in [1.29, 1.82) is 0 Å². The molecular formula is C14H22FN3O2. The number of benzene rings is 1. The number of hydrogen-bond acceptors (Lipinski definition) is 3. The lowest BCUT2D eigenvalue weighted by Crippen LogP contribution is -2.39. The van der Waals surface area contributed by atoms with Gasteiger partial charge in [0.1, 0.15) is 11.9 Å². The maximum atomic E-state index is 13.5. The van der Waals surface area contributed by atoms with Crippen LogP contribution >= 0.6 is 0 Å². The van der Waals surface area contributed by atoms with Crippen molar-refractivity contribution >= 4 is 5.96 Å². The van der Waals surface area contributed by atoms with E-state index in [1.165, 1.54) is 6.07 Å². The van der Waals surface area contributed by atoms with Gasteiger partial charge in [-0.25, -0.2) is 4.39 Å². The summed E-state index contributed by atoms with van der Waals surface area (Å²) in [6, 6.07) is 6.16. The van der Waals surface area contributed by atoms with Crippen molar-refractivity contribution in [2.24, 2.45) is 4.99 Å². The Labute approximate surface area is 118 Å². The van der Waals surface area contributed by atoms with E-state index >= 15 is 0 Å². The second-order valence-corrected chi connectivity index (χ2v) is 4.18. The Kier molecular flexibility index (Phi) is 7.60. The number of halogens is 1. The van der Waals surface area contributed by atoms with Gasteiger partial charge in [0.15, 0.2) is 5.96 Å². The molecule has 20 heavy (non-hydrogen) atoms. The molecule has 1 atom stereocenters. The first kappa shape index (κ1) is 16.4. The zero-order valence-electron chi connectivity index (χ0n) is 11.9. The third-order valence-electron chi connectivity index (χ3n) is 2.63. The Bertz CT molecular complexity index is 427. The summed E-state index contributed by atoms with van der Waals surface area (Å²) in [5.74, 6) is 0.146. The van der Waals surface area contributed by atoms with Gasteiger partial charge in [-0.1, -0.05) is 18.2 Å². The highest BCUT2D eigenvalue weighted by atomic mass is 19.1. The van der Waals surface area contributed by atoms with Crippen LogP contribution in [0.4, 0.5) is 4.39 Å². The van der Waals surface area contributed by atoms with Crippen molar-refractivity contribution in [3.05, 3.63) is 35.6 Å². The maximum Gasteiger partial charge on any atom is 0.191 e. The predicted octanol–water partition coefficient (Wildman–Crippen LogP) is 1.06. The highest BCUT2D eigenvalue weighted by Gasteiger charge is 2.11. The number of aliphatic imine (C=N–C) groups is 1. The summed E-state index contributed by atoms with van der Waals surface area (Å²) in [4.78, 5) is 4.22. The number of aliphatic hydroxyl groups excluding tert-OH is 1. The molecule has 112 valence electrons. The van der Waals surface area contributed by atoms with E-state index in [9.17, 15) is 9.50 Å². The zero-order valence-corrected chi connectivity index (χ0v) is 11.9. The molecule has 0 aromatic heterocycles. The van der Waals surface area contributed by atoms with Gasteiger partial charge in [-0.2, -0.15) is 0 Å². The molecule has 1 aromatic carbocycles. The third kappa shape index (κ3) is 5.54. The van der Waals surface area contributed by atoms with Crippen molar-refractivity contribution in [2.45, 2.75) is 13.0 Å². The zero-order chi connectivity index (χ0) is 14.8. The highest BCUT2D eigenvalue weighted by molar-refractivity contribution is 5.79. The number of hydrogen-bond donors (Lipinski definition) is 3. The van der Waals surface area contributed by atoms with E-state index in [2.05, 4.69) is 15.6 Å². The number of methoxy groups -OCH3 is 1. The lowest BCUT2D eigenvalue weighted by atomic mass is 10.1. The van der Waals surface area contributed by atoms with Gasteiger partial charge in [-0.3, -0.25) is 4.99 Å². The third-order valence-corrected chi connectivity index (χ3v) is 2.63. The van der Waals surface area contributed by atoms with Crippen LogP contribution in [0.1, 0.15) is 18.6 Å². The van der Waals surface area contributed by atoms with E-state index < -0.39 is 11.9 Å². The van der Waals surface area contributed by atoms with Crippen LogP contribution in [0, 0.1) is 5.82 Å². The van der Waals surface area contributed by atoms with Crippen molar-refractivity contribution < 1.29 is 14.2 Å². The first-order valence-corrected chi connectivity index (χ1v) is 6.62. The fourth-order valence-corrected chi connectivity index (χ4v) is 1.63. The van der Waals surface area contributed by atoms with Gasteiger partial charge in [0.25, 0.3) is 0 Å². The SMILES string of the molecule is CCNC(=NCC(O)c1ccccc1F)NCCOC. The van der Waals surface area contributed by atoms with Crippen LogP contribution in [0.25, 0.3) is 0 Å². The summed E-state index contributed by atoms with van der Waals surface area (Å²) in [5, 5.41) is 16.1. The topological polar surface area (TPSA) is 65.9 Å². The molecule has 1 unspecified atom stereocenters. The minimum Gasteiger partial charge on any atom is -0.386 e. The lowest BCUT2D eigenvalue weighted by Gasteiger charge is -2.13. The van der Waals surface area contributed by atoms with Crippen LogP contribution < -0.4 is 10.6 Å². The number of ether oxygens (including phenoxy) is 1. The van der Waals surface area contributed by atoms with Crippen molar-refractivity contribution in [1.82, 2.24) is 10.6 Å². The number of nitrogens with one attached hydrogen (secondary N) is 2. The summed E-state index contributed by atoms with van der Waals surface area (Å²) >= 11 is 0. The lowest BCUT2D eigenvalue weighted by molar-refractivity contribution is 0.182. The predicted molar refractivity (Wildman–Crippen MR) is 77.2 cm³/mol. The van der Waals surface area contributed by atoms with Crippen molar-refractivity contribution in [3.8, 4) is 0 Å². The van der Waals surface area contributed by atoms with E-state index in [4.69, 9.17) is 4.74 Å². The molecule has 0 saturated carbocycles. The normalized spacial score (nSPS) is 13.1. The van der Waals surface area contributed by atoms with Gasteiger partial charge in [0.2, 0.25) is 0 Å². The summed E-state index contributed by atoms with van der Waals surface area (Å²) in [7, 11) is 1.62. The summed E-state index contributed by atoms with van der Waals surface area (Å²) < 4.78 is 18.4. The Morgan fingerprint density at radius 1 is 1.40 bits per heavy atom. The molecule has 0 spiro atoms. The molecule has 0 aliphatic rings. The van der Waals surface area contributed by atoms with Crippen LogP contribution in [-0.4, -0.2) is 44.4 Å². The van der Waals surface area contributed by atoms with Crippen LogP contribution in [0.2, 0.25) is 0 Å². The molecule has 3 N–H and O–H groups in total. The number of guanidine groups is 1. The van der Waals surface area contributed by atoms with Gasteiger partial charge in [-0.05, 0) is 13.0 Å². The maximum absolute atomic E-state index is 13.5. The molecule has 0 amide bonds. The molecule has 0 aliphatic carbocycles. The summed E-state index contributed by atoms with van der Waals surface area (Å²) in [5.41, 5.74) is 0.254. The first-order valence-electron chi connectivity index (χ1n) is 6.62.